The fourth-order valence-electron chi connectivity index (χ4n) is 2.30. The molecule has 0 amide bonds. The SMILES string of the molecule is Cc1ccc(S(=O)(=O)N2CCC(C)(CN)C2)c(F)c1.Cl. The van der Waals surface area contributed by atoms with Gasteiger partial charge in [-0.15, -0.1) is 12.4 Å². The normalized spacial score (nSPS) is 23.6. The number of hydrogen-bond donors (Lipinski definition) is 1. The van der Waals surface area contributed by atoms with Crippen LogP contribution in [0.5, 0.6) is 0 Å². The average Bonchev–Trinajstić information content (AvgIpc) is 2.73. The molecule has 1 aliphatic heterocycles. The second-order valence-electron chi connectivity index (χ2n) is 5.54. The molecule has 2 N–H and O–H groups in total. The van der Waals surface area contributed by atoms with Gasteiger partial charge in [0.05, 0.1) is 0 Å². The molecule has 1 heterocycles. The van der Waals surface area contributed by atoms with Crippen LogP contribution in [-0.2, 0) is 10.0 Å². The zero-order valence-corrected chi connectivity index (χ0v) is 13.2. The summed E-state index contributed by atoms with van der Waals surface area (Å²) in [6, 6.07) is 4.18. The number of halogens is 2. The number of nitrogens with two attached hydrogens (primary N) is 1. The monoisotopic (exact) mass is 322 g/mol. The van der Waals surface area contributed by atoms with Gasteiger partial charge < -0.3 is 5.73 Å². The predicted octanol–water partition coefficient (Wildman–Crippen LogP) is 1.92. The summed E-state index contributed by atoms with van der Waals surface area (Å²) in [5.74, 6) is -0.693. The van der Waals surface area contributed by atoms with E-state index in [9.17, 15) is 12.8 Å². The van der Waals surface area contributed by atoms with E-state index in [0.717, 1.165) is 0 Å². The van der Waals surface area contributed by atoms with Gasteiger partial charge in [0.1, 0.15) is 10.7 Å². The molecule has 1 saturated heterocycles. The Morgan fingerprint density at radius 3 is 2.60 bits per heavy atom. The molecule has 20 heavy (non-hydrogen) atoms. The molecule has 7 heteroatoms. The summed E-state index contributed by atoms with van der Waals surface area (Å²) in [6.45, 7) is 4.84. The zero-order valence-electron chi connectivity index (χ0n) is 11.6. The maximum atomic E-state index is 13.8. The first kappa shape index (κ1) is 17.4. The van der Waals surface area contributed by atoms with Gasteiger partial charge in [0.15, 0.2) is 0 Å². The van der Waals surface area contributed by atoms with Crippen molar-refractivity contribution in [3.63, 3.8) is 0 Å². The summed E-state index contributed by atoms with van der Waals surface area (Å²) < 4.78 is 40.0. The van der Waals surface area contributed by atoms with E-state index in [1.54, 1.807) is 13.0 Å². The highest BCUT2D eigenvalue weighted by atomic mass is 35.5. The highest BCUT2D eigenvalue weighted by Crippen LogP contribution is 2.33. The van der Waals surface area contributed by atoms with Crippen molar-refractivity contribution >= 4 is 22.4 Å². The van der Waals surface area contributed by atoms with E-state index in [4.69, 9.17) is 5.73 Å². The second-order valence-corrected chi connectivity index (χ2v) is 7.44. The van der Waals surface area contributed by atoms with Gasteiger partial charge >= 0.3 is 0 Å². The van der Waals surface area contributed by atoms with Crippen LogP contribution < -0.4 is 5.73 Å². The highest BCUT2D eigenvalue weighted by Gasteiger charge is 2.39. The van der Waals surface area contributed by atoms with Gasteiger partial charge in [-0.25, -0.2) is 12.8 Å². The molecule has 1 aliphatic rings. The van der Waals surface area contributed by atoms with Gasteiger partial charge in [-0.2, -0.15) is 4.31 Å². The summed E-state index contributed by atoms with van der Waals surface area (Å²) in [6.07, 6.45) is 0.705. The molecule has 1 unspecified atom stereocenters. The molecule has 0 spiro atoms. The smallest absolute Gasteiger partial charge is 0.246 e. The molecular weight excluding hydrogens is 303 g/mol. The topological polar surface area (TPSA) is 63.4 Å². The van der Waals surface area contributed by atoms with Crippen molar-refractivity contribution in [2.75, 3.05) is 19.6 Å². The van der Waals surface area contributed by atoms with Gasteiger partial charge in [0.2, 0.25) is 10.0 Å². The van der Waals surface area contributed by atoms with Crippen molar-refractivity contribution < 1.29 is 12.8 Å². The number of nitrogens with zero attached hydrogens (tertiary/aromatic N) is 1. The Morgan fingerprint density at radius 2 is 2.10 bits per heavy atom. The first-order valence-corrected chi connectivity index (χ1v) is 7.69. The summed E-state index contributed by atoms with van der Waals surface area (Å²) in [5, 5.41) is 0. The van der Waals surface area contributed by atoms with Crippen LogP contribution in [0.2, 0.25) is 0 Å². The predicted molar refractivity (Wildman–Crippen MR) is 78.9 cm³/mol. The number of aryl methyl sites for hydroxylation is 1. The molecule has 0 saturated carbocycles. The largest absolute Gasteiger partial charge is 0.330 e. The van der Waals surface area contributed by atoms with E-state index in [2.05, 4.69) is 0 Å². The van der Waals surface area contributed by atoms with Crippen LogP contribution in [0, 0.1) is 18.2 Å². The van der Waals surface area contributed by atoms with E-state index in [1.165, 1.54) is 16.4 Å². The Morgan fingerprint density at radius 1 is 1.45 bits per heavy atom. The van der Waals surface area contributed by atoms with Crippen LogP contribution in [0.3, 0.4) is 0 Å². The van der Waals surface area contributed by atoms with E-state index >= 15 is 0 Å². The van der Waals surface area contributed by atoms with Gasteiger partial charge in [0, 0.05) is 13.1 Å². The minimum Gasteiger partial charge on any atom is -0.330 e. The van der Waals surface area contributed by atoms with Crippen LogP contribution >= 0.6 is 12.4 Å². The third kappa shape index (κ3) is 3.14. The van der Waals surface area contributed by atoms with Crippen LogP contribution in [0.25, 0.3) is 0 Å². The van der Waals surface area contributed by atoms with Crippen molar-refractivity contribution in [1.29, 1.82) is 0 Å². The number of sulfonamides is 1. The van der Waals surface area contributed by atoms with Crippen LogP contribution in [0.1, 0.15) is 18.9 Å². The number of benzene rings is 1. The fourth-order valence-corrected chi connectivity index (χ4v) is 3.94. The molecule has 0 aromatic heterocycles. The Hall–Kier alpha value is -0.690. The second kappa shape index (κ2) is 5.97. The lowest BCUT2D eigenvalue weighted by atomic mass is 9.90. The zero-order chi connectivity index (χ0) is 14.3. The molecule has 0 radical (unpaired) electrons. The molecule has 2 rings (SSSR count). The molecule has 1 aromatic carbocycles. The Labute approximate surface area is 125 Å². The lowest BCUT2D eigenvalue weighted by molar-refractivity contribution is 0.349. The van der Waals surface area contributed by atoms with E-state index < -0.39 is 15.8 Å². The number of rotatable bonds is 3. The van der Waals surface area contributed by atoms with Crippen molar-refractivity contribution in [3.8, 4) is 0 Å². The molecule has 0 bridgehead atoms. The summed E-state index contributed by atoms with van der Waals surface area (Å²) in [7, 11) is -3.76. The first-order valence-electron chi connectivity index (χ1n) is 6.25. The Bertz CT molecular complexity index is 594. The minimum absolute atomic E-state index is 0. The molecule has 1 aromatic rings. The Kier molecular flexibility index (Phi) is 5.18. The third-order valence-corrected chi connectivity index (χ3v) is 5.60. The van der Waals surface area contributed by atoms with Crippen molar-refractivity contribution in [1.82, 2.24) is 4.31 Å². The van der Waals surface area contributed by atoms with Crippen LogP contribution in [-0.4, -0.2) is 32.4 Å². The number of hydrogen-bond acceptors (Lipinski definition) is 3. The molecule has 114 valence electrons. The van der Waals surface area contributed by atoms with E-state index in [1.807, 2.05) is 6.92 Å². The van der Waals surface area contributed by atoms with Crippen molar-refractivity contribution in [3.05, 3.63) is 29.6 Å². The molecular formula is C13H20ClFN2O2S. The van der Waals surface area contributed by atoms with Gasteiger partial charge in [0.25, 0.3) is 0 Å². The maximum absolute atomic E-state index is 13.8. The van der Waals surface area contributed by atoms with Crippen LogP contribution in [0.4, 0.5) is 4.39 Å². The average molecular weight is 323 g/mol. The van der Waals surface area contributed by atoms with E-state index in [-0.39, 0.29) is 22.7 Å². The summed E-state index contributed by atoms with van der Waals surface area (Å²) in [5.41, 5.74) is 6.15. The minimum atomic E-state index is -3.76. The van der Waals surface area contributed by atoms with Gasteiger partial charge in [-0.3, -0.25) is 0 Å². The van der Waals surface area contributed by atoms with Crippen molar-refractivity contribution in [2.45, 2.75) is 25.2 Å². The lowest BCUT2D eigenvalue weighted by Crippen LogP contribution is -2.34. The van der Waals surface area contributed by atoms with Gasteiger partial charge in [-0.05, 0) is 43.0 Å². The quantitative estimate of drug-likeness (QED) is 0.924. The lowest BCUT2D eigenvalue weighted by Gasteiger charge is -2.22. The standard InChI is InChI=1S/C13H19FN2O2S.ClH/c1-10-3-4-12(11(14)7-10)19(17,18)16-6-5-13(2,8-15)9-16;/h3-4,7H,5-6,8-9,15H2,1-2H3;1H. The van der Waals surface area contributed by atoms with Gasteiger partial charge in [-0.1, -0.05) is 13.0 Å². The fraction of sp³-hybridized carbons (Fsp3) is 0.538. The van der Waals surface area contributed by atoms with Crippen molar-refractivity contribution in [2.24, 2.45) is 11.1 Å². The van der Waals surface area contributed by atoms with Crippen LogP contribution in [0.15, 0.2) is 23.1 Å². The molecule has 1 fully saturated rings. The molecule has 4 nitrogen and oxygen atoms in total. The molecule has 1 atom stereocenters. The Balaban J connectivity index is 0.00000200. The maximum Gasteiger partial charge on any atom is 0.246 e. The third-order valence-electron chi connectivity index (χ3n) is 3.72. The highest BCUT2D eigenvalue weighted by molar-refractivity contribution is 7.89. The molecule has 0 aliphatic carbocycles. The van der Waals surface area contributed by atoms with E-state index in [0.29, 0.717) is 31.6 Å². The summed E-state index contributed by atoms with van der Waals surface area (Å²) >= 11 is 0. The first-order chi connectivity index (χ1) is 8.78. The summed E-state index contributed by atoms with van der Waals surface area (Å²) in [4.78, 5) is -0.251.